The van der Waals surface area contributed by atoms with Gasteiger partial charge in [0.2, 0.25) is 5.13 Å². The number of nitrogens with one attached hydrogen (secondary N) is 1. The second-order valence-electron chi connectivity index (χ2n) is 7.31. The highest BCUT2D eigenvalue weighted by Crippen LogP contribution is 2.37. The second kappa shape index (κ2) is 9.57. The van der Waals surface area contributed by atoms with Crippen molar-refractivity contribution in [2.45, 2.75) is 34.4 Å². The van der Waals surface area contributed by atoms with Gasteiger partial charge in [0.25, 0.3) is 15.9 Å². The Kier molecular flexibility index (Phi) is 6.77. The first-order chi connectivity index (χ1) is 15.8. The largest absolute Gasteiger partial charge is 0.497 e. The van der Waals surface area contributed by atoms with Gasteiger partial charge in [-0.3, -0.25) is 14.4 Å². The number of rotatable bonds is 7. The number of thioether (sulfide) groups is 1. The summed E-state index contributed by atoms with van der Waals surface area (Å²) in [5.41, 5.74) is 0.365. The van der Waals surface area contributed by atoms with Gasteiger partial charge in [0, 0.05) is 5.25 Å². The van der Waals surface area contributed by atoms with Crippen LogP contribution < -0.4 is 19.1 Å². The van der Waals surface area contributed by atoms with Gasteiger partial charge >= 0.3 is 0 Å². The molecule has 0 radical (unpaired) electrons. The van der Waals surface area contributed by atoms with Crippen LogP contribution >= 0.6 is 23.1 Å². The molecule has 174 valence electrons. The third-order valence-corrected chi connectivity index (χ3v) is 8.37. The molecule has 0 fully saturated rings. The zero-order chi connectivity index (χ0) is 23.6. The molecule has 0 bridgehead atoms. The molecule has 2 heterocycles. The Balaban J connectivity index is 1.59. The fraction of sp³-hybridized carbons (Fsp3) is 0.286. The fourth-order valence-electron chi connectivity index (χ4n) is 3.14. The van der Waals surface area contributed by atoms with Crippen molar-refractivity contribution in [3.8, 4) is 11.5 Å². The molecule has 0 aliphatic carbocycles. The summed E-state index contributed by atoms with van der Waals surface area (Å²) >= 11 is 2.80. The van der Waals surface area contributed by atoms with Crippen LogP contribution in [-0.2, 0) is 14.8 Å². The maximum absolute atomic E-state index is 13.5. The van der Waals surface area contributed by atoms with Gasteiger partial charge in [-0.1, -0.05) is 49.1 Å². The SMILES string of the molecule is COc1ccc(S(=O)(=O)N2CC(C(=O)Nc3nnc(SC(C)C)s3)Oc3ccccc32)cc1. The third-order valence-electron chi connectivity index (χ3n) is 4.65. The normalized spacial score (nSPS) is 15.6. The van der Waals surface area contributed by atoms with E-state index in [4.69, 9.17) is 9.47 Å². The number of carbonyl (C=O) groups excluding carboxylic acids is 1. The average Bonchev–Trinajstić information content (AvgIpc) is 3.24. The summed E-state index contributed by atoms with van der Waals surface area (Å²) in [6.45, 7) is 3.88. The number of para-hydroxylation sites is 2. The van der Waals surface area contributed by atoms with Crippen LogP contribution in [0.2, 0.25) is 0 Å². The van der Waals surface area contributed by atoms with Crippen molar-refractivity contribution in [1.82, 2.24) is 10.2 Å². The quantitative estimate of drug-likeness (QED) is 0.382. The smallest absolute Gasteiger partial charge is 0.269 e. The molecule has 1 aromatic heterocycles. The number of fused-ring (bicyclic) bond motifs is 1. The van der Waals surface area contributed by atoms with Crippen LogP contribution in [0, 0.1) is 0 Å². The van der Waals surface area contributed by atoms with E-state index < -0.39 is 22.0 Å². The number of aromatic nitrogens is 2. The number of ether oxygens (including phenoxy) is 2. The van der Waals surface area contributed by atoms with Crippen LogP contribution in [0.1, 0.15) is 13.8 Å². The van der Waals surface area contributed by atoms with Gasteiger partial charge in [-0.25, -0.2) is 8.42 Å². The lowest BCUT2D eigenvalue weighted by Crippen LogP contribution is -2.48. The molecule has 1 N–H and O–H groups in total. The molecule has 0 spiro atoms. The first-order valence-electron chi connectivity index (χ1n) is 10.0. The highest BCUT2D eigenvalue weighted by molar-refractivity contribution is 8.01. The molecule has 1 aliphatic heterocycles. The van der Waals surface area contributed by atoms with Crippen LogP contribution in [0.15, 0.2) is 57.8 Å². The number of anilines is 2. The Morgan fingerprint density at radius 2 is 1.94 bits per heavy atom. The zero-order valence-electron chi connectivity index (χ0n) is 18.1. The zero-order valence-corrected chi connectivity index (χ0v) is 20.5. The Bertz CT molecular complexity index is 1240. The Labute approximate surface area is 200 Å². The lowest BCUT2D eigenvalue weighted by molar-refractivity contribution is -0.122. The number of hydrogen-bond acceptors (Lipinski definition) is 9. The van der Waals surface area contributed by atoms with E-state index in [1.54, 1.807) is 48.2 Å². The Hall–Kier alpha value is -2.83. The number of nitrogens with zero attached hydrogens (tertiary/aromatic N) is 3. The maximum Gasteiger partial charge on any atom is 0.269 e. The molecule has 0 saturated heterocycles. The molecular weight excluding hydrogens is 484 g/mol. The van der Waals surface area contributed by atoms with E-state index in [1.165, 1.54) is 34.9 Å². The molecular formula is C21H22N4O5S3. The maximum atomic E-state index is 13.5. The molecule has 12 heteroatoms. The molecule has 33 heavy (non-hydrogen) atoms. The number of hydrogen-bond donors (Lipinski definition) is 1. The lowest BCUT2D eigenvalue weighted by Gasteiger charge is -2.34. The predicted molar refractivity (Wildman–Crippen MR) is 128 cm³/mol. The first-order valence-corrected chi connectivity index (χ1v) is 13.1. The van der Waals surface area contributed by atoms with Crippen molar-refractivity contribution >= 4 is 49.8 Å². The monoisotopic (exact) mass is 506 g/mol. The van der Waals surface area contributed by atoms with Crippen LogP contribution in [-0.4, -0.2) is 49.5 Å². The van der Waals surface area contributed by atoms with Gasteiger partial charge in [0.15, 0.2) is 10.4 Å². The van der Waals surface area contributed by atoms with Crippen molar-refractivity contribution in [1.29, 1.82) is 0 Å². The summed E-state index contributed by atoms with van der Waals surface area (Å²) in [5.74, 6) is 0.339. The van der Waals surface area contributed by atoms with E-state index in [-0.39, 0.29) is 11.4 Å². The van der Waals surface area contributed by atoms with Crippen molar-refractivity contribution < 1.29 is 22.7 Å². The number of carbonyl (C=O) groups is 1. The second-order valence-corrected chi connectivity index (χ2v) is 12.0. The van der Waals surface area contributed by atoms with Crippen LogP contribution in [0.5, 0.6) is 11.5 Å². The molecule has 9 nitrogen and oxygen atoms in total. The van der Waals surface area contributed by atoms with Crippen LogP contribution in [0.25, 0.3) is 0 Å². The summed E-state index contributed by atoms with van der Waals surface area (Å²) in [6, 6.07) is 12.8. The van der Waals surface area contributed by atoms with Crippen molar-refractivity contribution in [3.63, 3.8) is 0 Å². The highest BCUT2D eigenvalue weighted by Gasteiger charge is 2.37. The lowest BCUT2D eigenvalue weighted by atomic mass is 10.2. The summed E-state index contributed by atoms with van der Waals surface area (Å²) in [5, 5.41) is 11.4. The molecule has 1 unspecified atom stereocenters. The molecule has 1 atom stereocenters. The summed E-state index contributed by atoms with van der Waals surface area (Å²) in [6.07, 6.45) is -1.07. The fourth-order valence-corrected chi connectivity index (χ4v) is 6.59. The molecule has 1 amide bonds. The van der Waals surface area contributed by atoms with Crippen LogP contribution in [0.4, 0.5) is 10.8 Å². The van der Waals surface area contributed by atoms with Gasteiger partial charge < -0.3 is 9.47 Å². The molecule has 4 rings (SSSR count). The van der Waals surface area contributed by atoms with E-state index in [1.807, 2.05) is 13.8 Å². The molecule has 3 aromatic rings. The van der Waals surface area contributed by atoms with Crippen LogP contribution in [0.3, 0.4) is 0 Å². The van der Waals surface area contributed by atoms with Gasteiger partial charge in [-0.15, -0.1) is 10.2 Å². The van der Waals surface area contributed by atoms with Crippen molar-refractivity contribution in [2.75, 3.05) is 23.3 Å². The van der Waals surface area contributed by atoms with E-state index in [0.717, 1.165) is 4.34 Å². The molecule has 0 saturated carbocycles. The van der Waals surface area contributed by atoms with Crippen molar-refractivity contribution in [3.05, 3.63) is 48.5 Å². The third kappa shape index (κ3) is 5.07. The van der Waals surface area contributed by atoms with Gasteiger partial charge in [-0.05, 0) is 36.4 Å². The number of methoxy groups -OCH3 is 1. The van der Waals surface area contributed by atoms with E-state index >= 15 is 0 Å². The minimum atomic E-state index is -3.96. The Morgan fingerprint density at radius 1 is 1.21 bits per heavy atom. The van der Waals surface area contributed by atoms with Gasteiger partial charge in [0.05, 0.1) is 24.2 Å². The minimum absolute atomic E-state index is 0.0821. The van der Waals surface area contributed by atoms with E-state index in [0.29, 0.717) is 27.6 Å². The van der Waals surface area contributed by atoms with E-state index in [2.05, 4.69) is 15.5 Å². The average molecular weight is 507 g/mol. The predicted octanol–water partition coefficient (Wildman–Crippen LogP) is 3.64. The summed E-state index contributed by atoms with van der Waals surface area (Å²) < 4.78 is 39.8. The minimum Gasteiger partial charge on any atom is -0.497 e. The van der Waals surface area contributed by atoms with Gasteiger partial charge in [0.1, 0.15) is 11.5 Å². The van der Waals surface area contributed by atoms with Gasteiger partial charge in [-0.2, -0.15) is 0 Å². The topological polar surface area (TPSA) is 111 Å². The highest BCUT2D eigenvalue weighted by atomic mass is 32.2. The van der Waals surface area contributed by atoms with E-state index in [9.17, 15) is 13.2 Å². The summed E-state index contributed by atoms with van der Waals surface area (Å²) in [7, 11) is -2.45. The molecule has 1 aliphatic rings. The standard InChI is InChI=1S/C21H22N4O5S3/c1-13(2)31-21-24-23-20(32-21)22-19(26)18-12-25(16-6-4-5-7-17(16)30-18)33(27,28)15-10-8-14(29-3)9-11-15/h4-11,13,18H,12H2,1-3H3,(H,22,23,26). The molecule has 2 aromatic carbocycles. The Morgan fingerprint density at radius 3 is 2.64 bits per heavy atom. The number of amides is 1. The number of benzene rings is 2. The number of sulfonamides is 1. The first kappa shape index (κ1) is 23.3. The summed E-state index contributed by atoms with van der Waals surface area (Å²) in [4.78, 5) is 13.0. The van der Waals surface area contributed by atoms with Crippen molar-refractivity contribution in [2.24, 2.45) is 0 Å².